The first-order chi connectivity index (χ1) is 11.4. The van der Waals surface area contributed by atoms with E-state index in [1.165, 1.54) is 0 Å². The predicted octanol–water partition coefficient (Wildman–Crippen LogP) is 1.89. The number of ketones is 2. The molecule has 0 aromatic rings. The Morgan fingerprint density at radius 3 is 2.50 bits per heavy atom. The number of hydrogen-bond donors (Lipinski definition) is 0. The highest BCUT2D eigenvalue weighted by Crippen LogP contribution is 2.57. The number of carbonyl (C=O) groups excluding carboxylic acids is 3. The van der Waals surface area contributed by atoms with E-state index in [4.69, 9.17) is 14.2 Å². The van der Waals surface area contributed by atoms with Crippen LogP contribution < -0.4 is 0 Å². The highest BCUT2D eigenvalue weighted by Gasteiger charge is 2.61. The molecule has 2 aliphatic carbocycles. The molecule has 0 amide bonds. The lowest BCUT2D eigenvalue weighted by Gasteiger charge is -2.54. The van der Waals surface area contributed by atoms with Gasteiger partial charge in [-0.2, -0.15) is 0 Å². The number of ether oxygens (including phenoxy) is 3. The molecular formula is C18H26O6. The van der Waals surface area contributed by atoms with Crippen LogP contribution in [0.2, 0.25) is 0 Å². The fraction of sp³-hybridized carbons (Fsp3) is 0.833. The van der Waals surface area contributed by atoms with Crippen LogP contribution in [0.4, 0.5) is 0 Å². The number of Topliss-reactive ketones (excluding diaryl/α,β-unsaturated/α-hetero) is 2. The number of esters is 1. The second kappa shape index (κ2) is 6.23. The molecule has 0 aromatic heterocycles. The topological polar surface area (TPSA) is 78.9 Å². The zero-order chi connectivity index (χ0) is 17.5. The van der Waals surface area contributed by atoms with E-state index in [1.807, 2.05) is 6.92 Å². The Kier molecular flexibility index (Phi) is 4.55. The normalized spacial score (nSPS) is 38.0. The maximum atomic E-state index is 13.1. The minimum absolute atomic E-state index is 0.0846. The molecule has 3 aliphatic rings. The van der Waals surface area contributed by atoms with E-state index in [0.717, 1.165) is 0 Å². The van der Waals surface area contributed by atoms with Crippen LogP contribution in [0.15, 0.2) is 0 Å². The first kappa shape index (κ1) is 17.5. The zero-order valence-corrected chi connectivity index (χ0v) is 14.6. The van der Waals surface area contributed by atoms with E-state index in [0.29, 0.717) is 38.9 Å². The van der Waals surface area contributed by atoms with Gasteiger partial charge in [-0.1, -0.05) is 13.8 Å². The SMILES string of the molecule is CCOC(=O)C(=O)C1CC[C@H]2[C@H](C)C3(CC[C@]2(C)C1=O)OCCO3. The summed E-state index contributed by atoms with van der Waals surface area (Å²) in [6.07, 6.45) is 2.38. The Hall–Kier alpha value is -1.27. The van der Waals surface area contributed by atoms with Gasteiger partial charge in [0.15, 0.2) is 5.79 Å². The van der Waals surface area contributed by atoms with Crippen molar-refractivity contribution in [2.45, 2.75) is 52.2 Å². The summed E-state index contributed by atoms with van der Waals surface area (Å²) >= 11 is 0. The van der Waals surface area contributed by atoms with Crippen molar-refractivity contribution < 1.29 is 28.6 Å². The third-order valence-electron chi connectivity index (χ3n) is 6.32. The monoisotopic (exact) mass is 338 g/mol. The van der Waals surface area contributed by atoms with Crippen LogP contribution in [0.1, 0.15) is 46.5 Å². The van der Waals surface area contributed by atoms with Crippen LogP contribution in [-0.2, 0) is 28.6 Å². The highest BCUT2D eigenvalue weighted by atomic mass is 16.7. The van der Waals surface area contributed by atoms with Crippen LogP contribution in [-0.4, -0.2) is 43.1 Å². The number of rotatable bonds is 3. The Labute approximate surface area is 142 Å². The Morgan fingerprint density at radius 2 is 1.88 bits per heavy atom. The molecule has 1 spiro atoms. The van der Waals surface area contributed by atoms with Crippen molar-refractivity contribution in [3.05, 3.63) is 0 Å². The van der Waals surface area contributed by atoms with Gasteiger partial charge in [0.1, 0.15) is 5.78 Å². The quantitative estimate of drug-likeness (QED) is 0.444. The molecule has 1 unspecified atom stereocenters. The van der Waals surface area contributed by atoms with Gasteiger partial charge < -0.3 is 14.2 Å². The van der Waals surface area contributed by atoms with Crippen molar-refractivity contribution in [2.75, 3.05) is 19.8 Å². The Bertz CT molecular complexity index is 550. The molecular weight excluding hydrogens is 312 g/mol. The zero-order valence-electron chi connectivity index (χ0n) is 14.6. The molecule has 24 heavy (non-hydrogen) atoms. The van der Waals surface area contributed by atoms with Crippen molar-refractivity contribution in [2.24, 2.45) is 23.2 Å². The third kappa shape index (κ3) is 2.51. The van der Waals surface area contributed by atoms with Gasteiger partial charge in [-0.15, -0.1) is 0 Å². The third-order valence-corrected chi connectivity index (χ3v) is 6.32. The molecule has 0 bridgehead atoms. The molecule has 0 aromatic carbocycles. The molecule has 1 heterocycles. The second-order valence-corrected chi connectivity index (χ2v) is 7.40. The van der Waals surface area contributed by atoms with Crippen molar-refractivity contribution >= 4 is 17.5 Å². The van der Waals surface area contributed by atoms with Crippen molar-refractivity contribution in [1.82, 2.24) is 0 Å². The van der Waals surface area contributed by atoms with Crippen LogP contribution >= 0.6 is 0 Å². The fourth-order valence-electron chi connectivity index (χ4n) is 4.93. The van der Waals surface area contributed by atoms with Crippen LogP contribution in [0, 0.1) is 23.2 Å². The fourth-order valence-corrected chi connectivity index (χ4v) is 4.93. The summed E-state index contributed by atoms with van der Waals surface area (Å²) < 4.78 is 16.6. The van der Waals surface area contributed by atoms with Crippen LogP contribution in [0.25, 0.3) is 0 Å². The average molecular weight is 338 g/mol. The number of hydrogen-bond acceptors (Lipinski definition) is 6. The van der Waals surface area contributed by atoms with E-state index in [1.54, 1.807) is 6.92 Å². The molecule has 6 nitrogen and oxygen atoms in total. The molecule has 3 rings (SSSR count). The van der Waals surface area contributed by atoms with Gasteiger partial charge >= 0.3 is 5.97 Å². The Morgan fingerprint density at radius 1 is 1.21 bits per heavy atom. The summed E-state index contributed by atoms with van der Waals surface area (Å²) in [6.45, 7) is 6.98. The lowest BCUT2D eigenvalue weighted by atomic mass is 9.52. The van der Waals surface area contributed by atoms with Crippen molar-refractivity contribution in [3.8, 4) is 0 Å². The summed E-state index contributed by atoms with van der Waals surface area (Å²) in [7, 11) is 0. The predicted molar refractivity (Wildman–Crippen MR) is 84.0 cm³/mol. The summed E-state index contributed by atoms with van der Waals surface area (Å²) in [5.74, 6) is -2.95. The molecule has 134 valence electrons. The van der Waals surface area contributed by atoms with Gasteiger partial charge in [0, 0.05) is 17.8 Å². The maximum Gasteiger partial charge on any atom is 0.375 e. The molecule has 1 saturated heterocycles. The molecule has 0 N–H and O–H groups in total. The molecule has 3 fully saturated rings. The minimum Gasteiger partial charge on any atom is -0.460 e. The van der Waals surface area contributed by atoms with Crippen molar-refractivity contribution in [3.63, 3.8) is 0 Å². The van der Waals surface area contributed by atoms with Gasteiger partial charge in [-0.25, -0.2) is 4.79 Å². The number of fused-ring (bicyclic) bond motifs is 1. The van der Waals surface area contributed by atoms with Gasteiger partial charge in [0.2, 0.25) is 5.78 Å². The maximum absolute atomic E-state index is 13.1. The summed E-state index contributed by atoms with van der Waals surface area (Å²) in [5, 5.41) is 0. The lowest BCUT2D eigenvalue weighted by molar-refractivity contribution is -0.244. The highest BCUT2D eigenvalue weighted by molar-refractivity contribution is 6.38. The van der Waals surface area contributed by atoms with Gasteiger partial charge in [-0.3, -0.25) is 9.59 Å². The van der Waals surface area contributed by atoms with Crippen LogP contribution in [0.5, 0.6) is 0 Å². The van der Waals surface area contributed by atoms with Crippen molar-refractivity contribution in [1.29, 1.82) is 0 Å². The van der Waals surface area contributed by atoms with E-state index < -0.39 is 28.9 Å². The Balaban J connectivity index is 1.80. The summed E-state index contributed by atoms with van der Waals surface area (Å²) in [5.41, 5.74) is -0.606. The van der Waals surface area contributed by atoms with Crippen LogP contribution in [0.3, 0.4) is 0 Å². The second-order valence-electron chi connectivity index (χ2n) is 7.40. The van der Waals surface area contributed by atoms with Gasteiger partial charge in [0.25, 0.3) is 0 Å². The molecule has 1 aliphatic heterocycles. The van der Waals surface area contributed by atoms with E-state index >= 15 is 0 Å². The van der Waals surface area contributed by atoms with Gasteiger partial charge in [-0.05, 0) is 32.1 Å². The molecule has 0 radical (unpaired) electrons. The lowest BCUT2D eigenvalue weighted by Crippen LogP contribution is -2.58. The molecule has 4 atom stereocenters. The molecule has 2 saturated carbocycles. The van der Waals surface area contributed by atoms with E-state index in [-0.39, 0.29) is 24.2 Å². The smallest absolute Gasteiger partial charge is 0.375 e. The largest absolute Gasteiger partial charge is 0.460 e. The summed E-state index contributed by atoms with van der Waals surface area (Å²) in [6, 6.07) is 0. The average Bonchev–Trinajstić information content (AvgIpc) is 3.03. The first-order valence-corrected chi connectivity index (χ1v) is 8.89. The number of carbonyl (C=O) groups is 3. The standard InChI is InChI=1S/C18H26O6/c1-4-22-16(21)14(19)12-5-6-13-11(2)18(23-9-10-24-18)8-7-17(13,3)15(12)20/h11-13H,4-10H2,1-3H3/t11-,12?,13-,17-/m0/s1. The van der Waals surface area contributed by atoms with E-state index in [9.17, 15) is 14.4 Å². The molecule has 6 heteroatoms. The van der Waals surface area contributed by atoms with E-state index in [2.05, 4.69) is 6.92 Å². The summed E-state index contributed by atoms with van der Waals surface area (Å²) in [4.78, 5) is 37.1. The minimum atomic E-state index is -0.888. The van der Waals surface area contributed by atoms with Gasteiger partial charge in [0.05, 0.1) is 25.7 Å². The first-order valence-electron chi connectivity index (χ1n) is 8.89.